The molecule has 0 bridgehead atoms. The number of ether oxygens (including phenoxy) is 7. The lowest BCUT2D eigenvalue weighted by atomic mass is 10.1. The molecule has 3 aromatic carbocycles. The minimum absolute atomic E-state index is 0.00122. The molecular formula is C28H28O9. The molecule has 9 nitrogen and oxygen atoms in total. The van der Waals surface area contributed by atoms with Gasteiger partial charge in [-0.05, 0) is 53.6 Å². The van der Waals surface area contributed by atoms with Gasteiger partial charge in [0, 0.05) is 5.56 Å². The Kier molecular flexibility index (Phi) is 9.37. The van der Waals surface area contributed by atoms with Crippen LogP contribution in [0.15, 0.2) is 60.7 Å². The van der Waals surface area contributed by atoms with Crippen LogP contribution < -0.4 is 28.4 Å². The average molecular weight is 509 g/mol. The van der Waals surface area contributed by atoms with Crippen molar-refractivity contribution in [3.8, 4) is 34.5 Å². The van der Waals surface area contributed by atoms with Crippen molar-refractivity contribution >= 4 is 18.0 Å². The normalized spacial score (nSPS) is 10.5. The zero-order valence-electron chi connectivity index (χ0n) is 21.2. The molecule has 37 heavy (non-hydrogen) atoms. The van der Waals surface area contributed by atoms with E-state index >= 15 is 0 Å². The molecule has 0 aliphatic rings. The smallest absolute Gasteiger partial charge is 0.497 e. The molecule has 0 aliphatic carbocycles. The first-order valence-electron chi connectivity index (χ1n) is 11.1. The standard InChI is InChI=1S/C28H28O9/c1-31-21-8-6-7-19(13-21)17-36-28(30)37-24-14-18(10-12-23(24)32-2)9-11-22(29)20-15-25(33-3)27(35-5)26(16-20)34-4/h6-16H,17H2,1-5H3/b11-9+. The third kappa shape index (κ3) is 6.94. The topological polar surface area (TPSA) is 98.8 Å². The summed E-state index contributed by atoms with van der Waals surface area (Å²) in [7, 11) is 7.44. The van der Waals surface area contributed by atoms with E-state index < -0.39 is 6.16 Å². The quantitative estimate of drug-likeness (QED) is 0.147. The monoisotopic (exact) mass is 508 g/mol. The first-order chi connectivity index (χ1) is 17.9. The fourth-order valence-corrected chi connectivity index (χ4v) is 3.39. The van der Waals surface area contributed by atoms with E-state index in [0.29, 0.717) is 39.9 Å². The molecule has 9 heteroatoms. The molecule has 0 saturated heterocycles. The molecular weight excluding hydrogens is 480 g/mol. The summed E-state index contributed by atoms with van der Waals surface area (Å²) in [6.45, 7) is 0.00122. The van der Waals surface area contributed by atoms with Crippen LogP contribution in [-0.4, -0.2) is 47.5 Å². The molecule has 0 unspecified atom stereocenters. The van der Waals surface area contributed by atoms with Gasteiger partial charge < -0.3 is 33.2 Å². The van der Waals surface area contributed by atoms with Crippen molar-refractivity contribution in [3.05, 3.63) is 77.4 Å². The van der Waals surface area contributed by atoms with E-state index in [1.807, 2.05) is 0 Å². The Labute approximate surface area is 215 Å². The lowest BCUT2D eigenvalue weighted by Gasteiger charge is -2.13. The van der Waals surface area contributed by atoms with Crippen LogP contribution in [0.3, 0.4) is 0 Å². The van der Waals surface area contributed by atoms with Crippen LogP contribution in [-0.2, 0) is 11.3 Å². The van der Waals surface area contributed by atoms with Crippen molar-refractivity contribution in [2.45, 2.75) is 6.61 Å². The van der Waals surface area contributed by atoms with Crippen molar-refractivity contribution in [1.29, 1.82) is 0 Å². The summed E-state index contributed by atoms with van der Waals surface area (Å²) < 4.78 is 36.9. The van der Waals surface area contributed by atoms with Gasteiger partial charge >= 0.3 is 6.16 Å². The second-order valence-electron chi connectivity index (χ2n) is 7.51. The SMILES string of the molecule is COc1cccc(COC(=O)Oc2cc(/C=C/C(=O)c3cc(OC)c(OC)c(OC)c3)ccc2OC)c1. The Morgan fingerprint density at radius 1 is 0.730 bits per heavy atom. The molecule has 3 rings (SSSR count). The van der Waals surface area contributed by atoms with Crippen LogP contribution in [0.25, 0.3) is 6.08 Å². The predicted molar refractivity (Wildman–Crippen MR) is 136 cm³/mol. The average Bonchev–Trinajstić information content (AvgIpc) is 2.94. The van der Waals surface area contributed by atoms with E-state index in [1.54, 1.807) is 67.8 Å². The Hall–Kier alpha value is -4.66. The number of carbonyl (C=O) groups is 2. The van der Waals surface area contributed by atoms with Crippen LogP contribution >= 0.6 is 0 Å². The fraction of sp³-hybridized carbons (Fsp3) is 0.214. The Morgan fingerprint density at radius 3 is 2.05 bits per heavy atom. The highest BCUT2D eigenvalue weighted by Crippen LogP contribution is 2.38. The van der Waals surface area contributed by atoms with Gasteiger partial charge in [0.25, 0.3) is 0 Å². The van der Waals surface area contributed by atoms with Gasteiger partial charge in [0.05, 0.1) is 35.5 Å². The number of carbonyl (C=O) groups excluding carboxylic acids is 2. The maximum atomic E-state index is 12.8. The van der Waals surface area contributed by atoms with Gasteiger partial charge in [-0.25, -0.2) is 4.79 Å². The summed E-state index contributed by atoms with van der Waals surface area (Å²) in [5, 5.41) is 0. The lowest BCUT2D eigenvalue weighted by Crippen LogP contribution is -2.11. The molecule has 194 valence electrons. The molecule has 0 fully saturated rings. The maximum Gasteiger partial charge on any atom is 0.514 e. The largest absolute Gasteiger partial charge is 0.514 e. The van der Waals surface area contributed by atoms with Crippen molar-refractivity contribution < 1.29 is 42.7 Å². The van der Waals surface area contributed by atoms with Crippen molar-refractivity contribution in [2.24, 2.45) is 0 Å². The van der Waals surface area contributed by atoms with Crippen LogP contribution in [0.2, 0.25) is 0 Å². The summed E-state index contributed by atoms with van der Waals surface area (Å²) >= 11 is 0. The summed E-state index contributed by atoms with van der Waals surface area (Å²) in [5.74, 6) is 1.94. The Morgan fingerprint density at radius 2 is 1.43 bits per heavy atom. The second kappa shape index (κ2) is 12.9. The van der Waals surface area contributed by atoms with E-state index in [-0.39, 0.29) is 18.1 Å². The third-order valence-corrected chi connectivity index (χ3v) is 5.25. The zero-order chi connectivity index (χ0) is 26.8. The van der Waals surface area contributed by atoms with Gasteiger partial charge in [0.2, 0.25) is 5.75 Å². The molecule has 0 aliphatic heterocycles. The minimum Gasteiger partial charge on any atom is -0.497 e. The highest BCUT2D eigenvalue weighted by molar-refractivity contribution is 6.07. The third-order valence-electron chi connectivity index (χ3n) is 5.25. The number of allylic oxidation sites excluding steroid dienone is 1. The van der Waals surface area contributed by atoms with E-state index in [9.17, 15) is 9.59 Å². The number of benzene rings is 3. The number of methoxy groups -OCH3 is 5. The molecule has 0 radical (unpaired) electrons. The van der Waals surface area contributed by atoms with Crippen molar-refractivity contribution in [2.75, 3.05) is 35.5 Å². The van der Waals surface area contributed by atoms with Gasteiger partial charge in [-0.1, -0.05) is 24.3 Å². The van der Waals surface area contributed by atoms with Crippen LogP contribution in [0.4, 0.5) is 4.79 Å². The summed E-state index contributed by atoms with van der Waals surface area (Å²) in [6.07, 6.45) is 2.06. The molecule has 0 heterocycles. The first-order valence-corrected chi connectivity index (χ1v) is 11.1. The van der Waals surface area contributed by atoms with Gasteiger partial charge in [0.15, 0.2) is 28.8 Å². The summed E-state index contributed by atoms with van der Waals surface area (Å²) in [4.78, 5) is 25.1. The molecule has 0 aromatic heterocycles. The minimum atomic E-state index is -0.907. The number of ketones is 1. The Bertz CT molecular complexity index is 1260. The lowest BCUT2D eigenvalue weighted by molar-refractivity contribution is 0.0915. The van der Waals surface area contributed by atoms with Gasteiger partial charge in [-0.3, -0.25) is 4.79 Å². The van der Waals surface area contributed by atoms with Gasteiger partial charge in [-0.2, -0.15) is 0 Å². The molecule has 0 N–H and O–H groups in total. The highest BCUT2D eigenvalue weighted by Gasteiger charge is 2.16. The molecule has 3 aromatic rings. The Balaban J connectivity index is 1.73. The van der Waals surface area contributed by atoms with Crippen molar-refractivity contribution in [3.63, 3.8) is 0 Å². The van der Waals surface area contributed by atoms with E-state index in [2.05, 4.69) is 0 Å². The number of hydrogen-bond donors (Lipinski definition) is 0. The van der Waals surface area contributed by atoms with E-state index in [0.717, 1.165) is 5.56 Å². The predicted octanol–water partition coefficient (Wildman–Crippen LogP) is 5.34. The zero-order valence-corrected chi connectivity index (χ0v) is 21.2. The number of hydrogen-bond acceptors (Lipinski definition) is 9. The maximum absolute atomic E-state index is 12.8. The molecule has 0 saturated carbocycles. The van der Waals surface area contributed by atoms with Gasteiger partial charge in [-0.15, -0.1) is 0 Å². The second-order valence-corrected chi connectivity index (χ2v) is 7.51. The molecule has 0 spiro atoms. The first kappa shape index (κ1) is 26.9. The fourth-order valence-electron chi connectivity index (χ4n) is 3.39. The van der Waals surface area contributed by atoms with Crippen LogP contribution in [0, 0.1) is 0 Å². The summed E-state index contributed by atoms with van der Waals surface area (Å²) in [5.41, 5.74) is 1.68. The molecule has 0 atom stereocenters. The van der Waals surface area contributed by atoms with E-state index in [4.69, 9.17) is 33.2 Å². The highest BCUT2D eigenvalue weighted by atomic mass is 16.7. The van der Waals surface area contributed by atoms with E-state index in [1.165, 1.54) is 34.5 Å². The molecule has 0 amide bonds. The van der Waals surface area contributed by atoms with Crippen LogP contribution in [0.5, 0.6) is 34.5 Å². The van der Waals surface area contributed by atoms with Gasteiger partial charge in [0.1, 0.15) is 12.4 Å². The number of rotatable bonds is 11. The van der Waals surface area contributed by atoms with Crippen LogP contribution in [0.1, 0.15) is 21.5 Å². The summed E-state index contributed by atoms with van der Waals surface area (Å²) in [6, 6.07) is 15.2. The van der Waals surface area contributed by atoms with Crippen molar-refractivity contribution in [1.82, 2.24) is 0 Å².